The number of benzene rings is 3. The number of hydrogen-bond donors (Lipinski definition) is 3. The molecule has 2 aromatic heterocycles. The minimum absolute atomic E-state index is 0.0568. The Labute approximate surface area is 268 Å². The fraction of sp³-hybridized carbons (Fsp3) is 0.0938. The van der Waals surface area contributed by atoms with Gasteiger partial charge in [-0.05, 0) is 61.4 Å². The maximum Gasteiger partial charge on any atom is 0.294 e. The van der Waals surface area contributed by atoms with Crippen LogP contribution in [0.5, 0.6) is 0 Å². The van der Waals surface area contributed by atoms with Gasteiger partial charge in [-0.3, -0.25) is 4.55 Å². The Bertz CT molecular complexity index is 1990. The molecule has 46 heavy (non-hydrogen) atoms. The molecule has 0 fully saturated rings. The fourth-order valence-corrected chi connectivity index (χ4v) is 4.76. The number of rotatable bonds is 6. The number of nitrogens with zero attached hydrogens (tertiary/aromatic N) is 4. The summed E-state index contributed by atoms with van der Waals surface area (Å²) in [6, 6.07) is 25.9. The summed E-state index contributed by atoms with van der Waals surface area (Å²) in [7, 11) is -6.24. The van der Waals surface area contributed by atoms with Crippen LogP contribution in [-0.4, -0.2) is 42.7 Å². The quantitative estimate of drug-likeness (QED) is 0.0804. The van der Waals surface area contributed by atoms with Crippen LogP contribution in [0, 0.1) is 13.8 Å². The maximum atomic E-state index is 10.5. The molecule has 5 N–H and O–H groups in total. The van der Waals surface area contributed by atoms with Crippen LogP contribution in [0.2, 0.25) is 0 Å². The van der Waals surface area contributed by atoms with Gasteiger partial charge in [0.1, 0.15) is 16.3 Å². The lowest BCUT2D eigenvalue weighted by Gasteiger charge is -2.05. The molecule has 0 amide bonds. The first-order chi connectivity index (χ1) is 21.6. The second-order valence-corrected chi connectivity index (χ2v) is 12.7. The molecular weight excluding hydrogens is 629 g/mol. The van der Waals surface area contributed by atoms with Crippen molar-refractivity contribution in [3.63, 3.8) is 0 Å². The molecule has 5 aromatic rings. The second kappa shape index (κ2) is 15.7. The van der Waals surface area contributed by atoms with Crippen molar-refractivity contribution >= 4 is 50.2 Å². The summed E-state index contributed by atoms with van der Waals surface area (Å²) in [5, 5.41) is 7.36. The van der Waals surface area contributed by atoms with E-state index in [1.165, 1.54) is 24.3 Å². The van der Waals surface area contributed by atoms with E-state index in [1.807, 2.05) is 56.4 Å². The zero-order valence-electron chi connectivity index (χ0n) is 25.3. The average Bonchev–Trinajstić information content (AvgIpc) is 3.32. The van der Waals surface area contributed by atoms with Gasteiger partial charge >= 0.3 is 0 Å². The summed E-state index contributed by atoms with van der Waals surface area (Å²) in [6.07, 6.45) is 9.91. The molecule has 0 saturated heterocycles. The number of nitrogens with two attached hydrogens (primary N) is 2. The molecule has 0 unspecified atom stereocenters. The summed E-state index contributed by atoms with van der Waals surface area (Å²) < 4.78 is 65.0. The van der Waals surface area contributed by atoms with Crippen LogP contribution in [0.15, 0.2) is 123 Å². The van der Waals surface area contributed by atoms with Gasteiger partial charge in [0.25, 0.3) is 15.8 Å². The van der Waals surface area contributed by atoms with Gasteiger partial charge < -0.3 is 16.0 Å². The Morgan fingerprint density at radius 1 is 0.804 bits per heavy atom. The highest BCUT2D eigenvalue weighted by molar-refractivity contribution is 7.86. The summed E-state index contributed by atoms with van der Waals surface area (Å²) in [5.74, 6) is -0.0568. The Balaban J connectivity index is 0.000000217. The van der Waals surface area contributed by atoms with Gasteiger partial charge in [0.2, 0.25) is 5.96 Å². The van der Waals surface area contributed by atoms with Gasteiger partial charge in [0, 0.05) is 6.07 Å². The molecule has 3 aromatic carbocycles. The average molecular weight is 663 g/mol. The number of aromatic nitrogens is 2. The van der Waals surface area contributed by atoms with E-state index in [-0.39, 0.29) is 15.8 Å². The van der Waals surface area contributed by atoms with Gasteiger partial charge in [-0.1, -0.05) is 71.8 Å². The van der Waals surface area contributed by atoms with Crippen molar-refractivity contribution in [3.8, 4) is 0 Å². The lowest BCUT2D eigenvalue weighted by Crippen LogP contribution is -2.21. The molecule has 0 saturated carbocycles. The number of guanidine groups is 1. The third kappa shape index (κ3) is 11.1. The molecule has 0 atom stereocenters. The Hall–Kier alpha value is -5.15. The second-order valence-electron chi connectivity index (χ2n) is 9.90. The van der Waals surface area contributed by atoms with Crippen LogP contribution in [0.1, 0.15) is 27.9 Å². The van der Waals surface area contributed by atoms with E-state index in [4.69, 9.17) is 16.0 Å². The van der Waals surface area contributed by atoms with E-state index in [1.54, 1.807) is 30.5 Å². The van der Waals surface area contributed by atoms with E-state index in [0.717, 1.165) is 33.6 Å². The van der Waals surface area contributed by atoms with E-state index in [0.29, 0.717) is 0 Å². The zero-order valence-corrected chi connectivity index (χ0v) is 26.9. The fourth-order valence-electron chi connectivity index (χ4n) is 3.81. The molecule has 0 aliphatic heterocycles. The smallest absolute Gasteiger partial charge is 0.294 e. The lowest BCUT2D eigenvalue weighted by atomic mass is 10.1. The molecule has 5 rings (SSSR count). The van der Waals surface area contributed by atoms with E-state index >= 15 is 0 Å². The molecule has 0 radical (unpaired) electrons. The molecule has 0 aliphatic carbocycles. The van der Waals surface area contributed by atoms with Crippen molar-refractivity contribution in [2.45, 2.75) is 23.6 Å². The minimum atomic E-state index is -4.27. The number of pyridine rings is 1. The van der Waals surface area contributed by atoms with Gasteiger partial charge in [-0.25, -0.2) is 17.4 Å². The first kappa shape index (κ1) is 35.3. The van der Waals surface area contributed by atoms with Gasteiger partial charge in [0.15, 0.2) is 5.69 Å². The minimum Gasteiger partial charge on any atom is -0.744 e. The molecule has 0 spiro atoms. The monoisotopic (exact) mass is 662 g/mol. The first-order valence-electron chi connectivity index (χ1n) is 13.6. The predicted molar refractivity (Wildman–Crippen MR) is 177 cm³/mol. The number of fused-ring (bicyclic) bond motifs is 1. The highest BCUT2D eigenvalue weighted by Crippen LogP contribution is 2.11. The summed E-state index contributed by atoms with van der Waals surface area (Å²) >= 11 is 0. The van der Waals surface area contributed by atoms with Crippen LogP contribution < -0.4 is 15.9 Å². The van der Waals surface area contributed by atoms with Crippen LogP contribution in [0.3, 0.4) is 0 Å². The topological polar surface area (TPSA) is 197 Å². The van der Waals surface area contributed by atoms with Crippen LogP contribution in [-0.2, 0) is 27.3 Å². The Kier molecular flexibility index (Phi) is 12.1. The van der Waals surface area contributed by atoms with E-state index in [2.05, 4.69) is 50.6 Å². The Morgan fingerprint density at radius 2 is 1.35 bits per heavy atom. The predicted octanol–water partition coefficient (Wildman–Crippen LogP) is 3.68. The van der Waals surface area contributed by atoms with Crippen molar-refractivity contribution in [2.24, 2.45) is 28.7 Å². The lowest BCUT2D eigenvalue weighted by molar-refractivity contribution is -0.510. The highest BCUT2D eigenvalue weighted by Gasteiger charge is 2.10. The van der Waals surface area contributed by atoms with Crippen molar-refractivity contribution in [1.29, 1.82) is 0 Å². The third-order valence-corrected chi connectivity index (χ3v) is 7.98. The third-order valence-electron chi connectivity index (χ3n) is 6.26. The van der Waals surface area contributed by atoms with Gasteiger partial charge in [-0.2, -0.15) is 13.5 Å². The van der Waals surface area contributed by atoms with Crippen LogP contribution >= 0.6 is 0 Å². The number of aryl methyl sites for hydroxylation is 3. The van der Waals surface area contributed by atoms with Crippen LogP contribution in [0.4, 0.5) is 0 Å². The van der Waals surface area contributed by atoms with Crippen molar-refractivity contribution in [1.82, 2.24) is 4.57 Å². The first-order valence-corrected chi connectivity index (χ1v) is 16.4. The molecular formula is C32H34N6O6S2. The Morgan fingerprint density at radius 3 is 1.85 bits per heavy atom. The summed E-state index contributed by atoms with van der Waals surface area (Å²) in [6.45, 7) is 3.66. The highest BCUT2D eigenvalue weighted by atomic mass is 32.2. The maximum absolute atomic E-state index is 10.5. The molecule has 0 bridgehead atoms. The summed E-state index contributed by atoms with van der Waals surface area (Å²) in [5.41, 5.74) is 16.6. The summed E-state index contributed by atoms with van der Waals surface area (Å²) in [4.78, 5) is -0.244. The van der Waals surface area contributed by atoms with Gasteiger partial charge in [0.05, 0.1) is 29.3 Å². The van der Waals surface area contributed by atoms with Crippen molar-refractivity contribution in [2.75, 3.05) is 0 Å². The van der Waals surface area contributed by atoms with Crippen molar-refractivity contribution in [3.05, 3.63) is 131 Å². The SMILES string of the molecule is Cc1ccc(S(=O)(=O)O)cc1.Cc1ccc(S(=O)(=O)[O-])cc1.Cn1c(C=Cc2ccc(C=NN=C(N)N)cc2)c[n+]2ccccc12. The molecule has 14 heteroatoms. The molecule has 240 valence electrons. The molecule has 2 heterocycles. The molecule has 0 aliphatic rings. The van der Waals surface area contributed by atoms with Crippen LogP contribution in [0.25, 0.3) is 17.8 Å². The number of hydrogen-bond acceptors (Lipinski definition) is 7. The normalized spacial score (nSPS) is 11.5. The van der Waals surface area contributed by atoms with E-state index in [9.17, 15) is 21.4 Å². The van der Waals surface area contributed by atoms with Crippen molar-refractivity contribution < 1.29 is 30.3 Å². The largest absolute Gasteiger partial charge is 0.744 e. The van der Waals surface area contributed by atoms with E-state index < -0.39 is 20.2 Å². The molecule has 12 nitrogen and oxygen atoms in total. The van der Waals surface area contributed by atoms with Gasteiger partial charge in [-0.15, -0.1) is 5.10 Å². The zero-order chi connectivity index (χ0) is 33.9. The number of imidazole rings is 1. The standard InChI is InChI=1S/C18H19N6.2C7H8O3S/c1-23-16(13-24-11-3-2-4-17(23)24)10-9-14-5-7-15(8-6-14)12-21-22-18(19)20;2*1-6-2-4-7(5-3-6)11(8,9)10/h2-13H,1H3,(H4,19,20,22);2*2-5H,1H3,(H,8,9,10)/q+1;;/p-1.